The Balaban J connectivity index is 1.79. The second-order valence-corrected chi connectivity index (χ2v) is 8.06. The average Bonchev–Trinajstić information content (AvgIpc) is 3.27. The van der Waals surface area contributed by atoms with Crippen LogP contribution in [0.2, 0.25) is 0 Å². The third-order valence-electron chi connectivity index (χ3n) is 5.85. The van der Waals surface area contributed by atoms with E-state index < -0.39 is 0 Å². The molecule has 3 aromatic rings. The summed E-state index contributed by atoms with van der Waals surface area (Å²) in [6.45, 7) is 5.61. The van der Waals surface area contributed by atoms with Crippen LogP contribution in [0.4, 0.5) is 0 Å². The third-order valence-corrected chi connectivity index (χ3v) is 6.21. The predicted molar refractivity (Wildman–Crippen MR) is 126 cm³/mol. The molecule has 1 aliphatic heterocycles. The summed E-state index contributed by atoms with van der Waals surface area (Å²) in [6, 6.07) is 16.4. The zero-order chi connectivity index (χ0) is 22.0. The topological polar surface area (TPSA) is 51.5 Å². The molecule has 0 unspecified atom stereocenters. The number of nitrogens with zero attached hydrogens (tertiary/aromatic N) is 3. The van der Waals surface area contributed by atoms with Crippen molar-refractivity contribution in [3.63, 3.8) is 0 Å². The fraction of sp³-hybridized carbons (Fsp3) is 0.333. The molecule has 2 atom stereocenters. The Morgan fingerprint density at radius 3 is 2.52 bits per heavy atom. The second-order valence-electron chi connectivity index (χ2n) is 7.67. The van der Waals surface area contributed by atoms with Gasteiger partial charge in [-0.25, -0.2) is 0 Å². The van der Waals surface area contributed by atoms with Crippen LogP contribution in [0.1, 0.15) is 34.7 Å². The highest BCUT2D eigenvalue weighted by molar-refractivity contribution is 7.80. The Hall–Kier alpha value is -2.90. The second kappa shape index (κ2) is 9.08. The van der Waals surface area contributed by atoms with E-state index in [1.807, 2.05) is 30.5 Å². The van der Waals surface area contributed by atoms with E-state index in [0.29, 0.717) is 13.2 Å². The van der Waals surface area contributed by atoms with E-state index in [-0.39, 0.29) is 12.1 Å². The van der Waals surface area contributed by atoms with Crippen molar-refractivity contribution in [2.45, 2.75) is 25.9 Å². The summed E-state index contributed by atoms with van der Waals surface area (Å²) < 4.78 is 13.0. The molecular formula is C24H28N4O2S. The van der Waals surface area contributed by atoms with Crippen molar-refractivity contribution in [3.8, 4) is 11.4 Å². The van der Waals surface area contributed by atoms with E-state index in [1.54, 1.807) is 14.2 Å². The molecule has 162 valence electrons. The normalized spacial score (nSPS) is 18.3. The van der Waals surface area contributed by atoms with Gasteiger partial charge in [0.2, 0.25) is 0 Å². The highest BCUT2D eigenvalue weighted by Crippen LogP contribution is 2.41. The molecular weight excluding hydrogens is 408 g/mol. The lowest BCUT2D eigenvalue weighted by Gasteiger charge is -2.28. The number of rotatable bonds is 7. The summed E-state index contributed by atoms with van der Waals surface area (Å²) in [5, 5.41) is 4.23. The zero-order valence-electron chi connectivity index (χ0n) is 18.3. The minimum absolute atomic E-state index is 0.0238. The van der Waals surface area contributed by atoms with Crippen molar-refractivity contribution >= 4 is 17.3 Å². The number of aryl methyl sites for hydroxylation is 1. The number of methoxy groups -OCH3 is 2. The SMILES string of the molecule is COCCN1C(=S)N[C@H](c2ccccn2)[C@H]1c1cc(C)n(-c2ccc(OC)cc2)c1C. The lowest BCUT2D eigenvalue weighted by Crippen LogP contribution is -2.32. The number of thiocarbonyl (C=S) groups is 1. The van der Waals surface area contributed by atoms with E-state index >= 15 is 0 Å². The first kappa shape index (κ1) is 21.3. The molecule has 3 heterocycles. The Kier molecular flexibility index (Phi) is 6.25. The van der Waals surface area contributed by atoms with Crippen LogP contribution >= 0.6 is 12.2 Å². The van der Waals surface area contributed by atoms with Crippen molar-refractivity contribution in [3.05, 3.63) is 77.4 Å². The van der Waals surface area contributed by atoms with E-state index in [0.717, 1.165) is 22.2 Å². The van der Waals surface area contributed by atoms with Crippen LogP contribution < -0.4 is 10.1 Å². The first-order chi connectivity index (χ1) is 15.0. The molecule has 0 spiro atoms. The molecule has 0 amide bonds. The predicted octanol–water partition coefficient (Wildman–Crippen LogP) is 4.12. The fourth-order valence-corrected chi connectivity index (χ4v) is 4.72. The maximum atomic E-state index is 5.72. The summed E-state index contributed by atoms with van der Waals surface area (Å²) in [6.07, 6.45) is 1.83. The molecule has 1 saturated heterocycles. The third kappa shape index (κ3) is 4.03. The average molecular weight is 437 g/mol. The highest BCUT2D eigenvalue weighted by atomic mass is 32.1. The van der Waals surface area contributed by atoms with Gasteiger partial charge in [-0.15, -0.1) is 0 Å². The number of pyridine rings is 1. The standard InChI is InChI=1S/C24H28N4O2S/c1-16-15-20(17(2)28(16)18-8-10-19(30-4)11-9-18)23-22(21-7-5-6-12-25-21)26-24(31)27(23)13-14-29-3/h5-12,15,22-23H,13-14H2,1-4H3,(H,26,31)/t22-,23-/m1/s1. The maximum Gasteiger partial charge on any atom is 0.170 e. The molecule has 1 aromatic carbocycles. The van der Waals surface area contributed by atoms with Gasteiger partial charge < -0.3 is 24.3 Å². The largest absolute Gasteiger partial charge is 0.497 e. The molecule has 2 aromatic heterocycles. The van der Waals surface area contributed by atoms with Crippen molar-refractivity contribution in [1.29, 1.82) is 0 Å². The lowest BCUT2D eigenvalue weighted by atomic mass is 9.97. The molecule has 1 fully saturated rings. The summed E-state index contributed by atoms with van der Waals surface area (Å²) in [7, 11) is 3.40. The van der Waals surface area contributed by atoms with E-state index in [1.165, 1.54) is 17.0 Å². The van der Waals surface area contributed by atoms with E-state index in [4.69, 9.17) is 21.7 Å². The van der Waals surface area contributed by atoms with Crippen LogP contribution in [0.25, 0.3) is 5.69 Å². The molecule has 1 aliphatic rings. The Morgan fingerprint density at radius 2 is 1.87 bits per heavy atom. The first-order valence-corrected chi connectivity index (χ1v) is 10.8. The van der Waals surface area contributed by atoms with Crippen LogP contribution in [0, 0.1) is 13.8 Å². The molecule has 0 bridgehead atoms. The van der Waals surface area contributed by atoms with Crippen molar-refractivity contribution in [1.82, 2.24) is 19.8 Å². The summed E-state index contributed by atoms with van der Waals surface area (Å²) in [5.74, 6) is 0.845. The van der Waals surface area contributed by atoms with Gasteiger partial charge in [0, 0.05) is 36.9 Å². The quantitative estimate of drug-likeness (QED) is 0.563. The molecule has 7 heteroatoms. The van der Waals surface area contributed by atoms with Gasteiger partial charge in [-0.1, -0.05) is 6.07 Å². The summed E-state index contributed by atoms with van der Waals surface area (Å²) >= 11 is 5.72. The van der Waals surface area contributed by atoms with Crippen LogP contribution in [-0.2, 0) is 4.74 Å². The summed E-state index contributed by atoms with van der Waals surface area (Å²) in [4.78, 5) is 6.84. The van der Waals surface area contributed by atoms with Gasteiger partial charge in [-0.3, -0.25) is 4.98 Å². The van der Waals surface area contributed by atoms with Gasteiger partial charge in [0.25, 0.3) is 0 Å². The van der Waals surface area contributed by atoms with Crippen LogP contribution in [0.5, 0.6) is 5.75 Å². The van der Waals surface area contributed by atoms with E-state index in [9.17, 15) is 0 Å². The molecule has 0 radical (unpaired) electrons. The molecule has 31 heavy (non-hydrogen) atoms. The van der Waals surface area contributed by atoms with Crippen LogP contribution in [-0.4, -0.2) is 46.9 Å². The van der Waals surface area contributed by atoms with Crippen molar-refractivity contribution in [2.24, 2.45) is 0 Å². The molecule has 0 saturated carbocycles. The highest BCUT2D eigenvalue weighted by Gasteiger charge is 2.41. The number of ether oxygens (including phenoxy) is 2. The number of nitrogens with one attached hydrogen (secondary N) is 1. The minimum Gasteiger partial charge on any atom is -0.497 e. The smallest absolute Gasteiger partial charge is 0.170 e. The number of hydrogen-bond acceptors (Lipinski definition) is 4. The first-order valence-electron chi connectivity index (χ1n) is 10.4. The monoisotopic (exact) mass is 436 g/mol. The Bertz CT molecular complexity index is 1050. The molecule has 4 rings (SSSR count). The van der Waals surface area contributed by atoms with Crippen molar-refractivity contribution < 1.29 is 9.47 Å². The Morgan fingerprint density at radius 1 is 1.10 bits per heavy atom. The van der Waals surface area contributed by atoms with Gasteiger partial charge in [-0.05, 0) is 74.1 Å². The van der Waals surface area contributed by atoms with Crippen LogP contribution in [0.3, 0.4) is 0 Å². The molecule has 6 nitrogen and oxygen atoms in total. The Labute approximate surface area is 188 Å². The van der Waals surface area contributed by atoms with Gasteiger partial charge >= 0.3 is 0 Å². The summed E-state index contributed by atoms with van der Waals surface area (Å²) in [5.41, 5.74) is 5.66. The fourth-order valence-electron chi connectivity index (χ4n) is 4.39. The van der Waals surface area contributed by atoms with Crippen molar-refractivity contribution in [2.75, 3.05) is 27.4 Å². The zero-order valence-corrected chi connectivity index (χ0v) is 19.1. The lowest BCUT2D eigenvalue weighted by molar-refractivity contribution is 0.164. The van der Waals surface area contributed by atoms with Gasteiger partial charge in [0.05, 0.1) is 31.5 Å². The van der Waals surface area contributed by atoms with Gasteiger partial charge in [-0.2, -0.15) is 0 Å². The van der Waals surface area contributed by atoms with Gasteiger partial charge in [0.1, 0.15) is 5.75 Å². The number of benzene rings is 1. The minimum atomic E-state index is -0.0321. The maximum absolute atomic E-state index is 5.72. The molecule has 0 aliphatic carbocycles. The van der Waals surface area contributed by atoms with E-state index in [2.05, 4.69) is 57.9 Å². The number of hydrogen-bond donors (Lipinski definition) is 1. The van der Waals surface area contributed by atoms with Gasteiger partial charge in [0.15, 0.2) is 5.11 Å². The molecule has 1 N–H and O–H groups in total. The van der Waals surface area contributed by atoms with Crippen LogP contribution in [0.15, 0.2) is 54.7 Å². The number of aromatic nitrogens is 2.